The largest absolute Gasteiger partial charge is 0.461 e. The van der Waals surface area contributed by atoms with Crippen molar-refractivity contribution in [1.29, 1.82) is 0 Å². The van der Waals surface area contributed by atoms with Gasteiger partial charge in [-0.05, 0) is 12.5 Å². The number of hydrogen-bond acceptors (Lipinski definition) is 7. The van der Waals surface area contributed by atoms with E-state index in [2.05, 4.69) is 10.3 Å². The van der Waals surface area contributed by atoms with Gasteiger partial charge in [0.1, 0.15) is 6.61 Å². The first kappa shape index (κ1) is 19.2. The highest BCUT2D eigenvalue weighted by Crippen LogP contribution is 2.22. The first-order valence-electron chi connectivity index (χ1n) is 8.23. The molecule has 0 radical (unpaired) electrons. The Morgan fingerprint density at radius 1 is 1.35 bits per heavy atom. The zero-order chi connectivity index (χ0) is 19.1. The number of ketones is 1. The molecule has 0 aliphatic carbocycles. The molecule has 0 amide bonds. The normalized spacial score (nSPS) is 10.5. The minimum Gasteiger partial charge on any atom is -0.461 e. The smallest absolute Gasteiger partial charge is 0.302 e. The molecule has 0 unspecified atom stereocenters. The van der Waals surface area contributed by atoms with Gasteiger partial charge in [-0.1, -0.05) is 18.2 Å². The molecule has 138 valence electrons. The Morgan fingerprint density at radius 2 is 2.12 bits per heavy atom. The summed E-state index contributed by atoms with van der Waals surface area (Å²) in [6.07, 6.45) is 3.31. The average molecular weight is 360 g/mol. The summed E-state index contributed by atoms with van der Waals surface area (Å²) in [4.78, 5) is 33.8. The second-order valence-corrected chi connectivity index (χ2v) is 5.78. The SMILES string of the molecule is CCCn1cc(CCC(=O)c2ccc(COC(C)=O)c([N+](=O)[O-])c2)nn1. The lowest BCUT2D eigenvalue weighted by Crippen LogP contribution is -2.06. The Kier molecular flexibility index (Phi) is 6.54. The minimum absolute atomic E-state index is 0.172. The Balaban J connectivity index is 2.06. The number of esters is 1. The predicted molar refractivity (Wildman–Crippen MR) is 91.5 cm³/mol. The maximum Gasteiger partial charge on any atom is 0.302 e. The fourth-order valence-corrected chi connectivity index (χ4v) is 2.39. The molecular weight excluding hydrogens is 340 g/mol. The number of carbonyl (C=O) groups is 2. The van der Waals surface area contributed by atoms with Crippen LogP contribution in [0.5, 0.6) is 0 Å². The molecule has 0 N–H and O–H groups in total. The van der Waals surface area contributed by atoms with Gasteiger partial charge in [-0.15, -0.1) is 5.10 Å². The van der Waals surface area contributed by atoms with Crippen molar-refractivity contribution in [3.63, 3.8) is 0 Å². The standard InChI is InChI=1S/C17H20N4O5/c1-3-8-20-10-15(18-19-20)6-7-17(23)13-4-5-14(11-26-12(2)22)16(9-13)21(24)25/h4-5,9-10H,3,6-8,11H2,1-2H3. The zero-order valence-electron chi connectivity index (χ0n) is 14.7. The molecule has 0 bridgehead atoms. The molecule has 0 saturated heterocycles. The Morgan fingerprint density at radius 3 is 2.77 bits per heavy atom. The van der Waals surface area contributed by atoms with Crippen molar-refractivity contribution in [2.24, 2.45) is 0 Å². The molecule has 1 aromatic heterocycles. The highest BCUT2D eigenvalue weighted by Gasteiger charge is 2.18. The number of nitro groups is 1. The van der Waals surface area contributed by atoms with Crippen LogP contribution < -0.4 is 0 Å². The van der Waals surface area contributed by atoms with Gasteiger partial charge in [0, 0.05) is 44.1 Å². The quantitative estimate of drug-likeness (QED) is 0.292. The highest BCUT2D eigenvalue weighted by atomic mass is 16.6. The second-order valence-electron chi connectivity index (χ2n) is 5.78. The number of aromatic nitrogens is 3. The topological polar surface area (TPSA) is 117 Å². The van der Waals surface area contributed by atoms with Gasteiger partial charge in [0.2, 0.25) is 0 Å². The third-order valence-electron chi connectivity index (χ3n) is 3.68. The van der Waals surface area contributed by atoms with Crippen molar-refractivity contribution >= 4 is 17.4 Å². The molecule has 0 atom stereocenters. The third kappa shape index (κ3) is 5.20. The number of ether oxygens (including phenoxy) is 1. The van der Waals surface area contributed by atoms with Crippen molar-refractivity contribution in [3.8, 4) is 0 Å². The summed E-state index contributed by atoms with van der Waals surface area (Å²) in [7, 11) is 0. The lowest BCUT2D eigenvalue weighted by Gasteiger charge is -2.06. The van der Waals surface area contributed by atoms with Gasteiger partial charge in [-0.25, -0.2) is 0 Å². The Labute approximate surface area is 150 Å². The number of nitrogens with zero attached hydrogens (tertiary/aromatic N) is 4. The van der Waals surface area contributed by atoms with Crippen molar-refractivity contribution in [2.75, 3.05) is 0 Å². The van der Waals surface area contributed by atoms with Crippen LogP contribution >= 0.6 is 0 Å². The van der Waals surface area contributed by atoms with E-state index in [0.29, 0.717) is 12.1 Å². The number of benzene rings is 1. The van der Waals surface area contributed by atoms with E-state index < -0.39 is 10.9 Å². The van der Waals surface area contributed by atoms with Crippen LogP contribution in [0.25, 0.3) is 0 Å². The fourth-order valence-electron chi connectivity index (χ4n) is 2.39. The monoisotopic (exact) mass is 360 g/mol. The maximum absolute atomic E-state index is 12.3. The van der Waals surface area contributed by atoms with Crippen molar-refractivity contribution in [1.82, 2.24) is 15.0 Å². The summed E-state index contributed by atoms with van der Waals surface area (Å²) in [5.74, 6) is -0.757. The average Bonchev–Trinajstić information content (AvgIpc) is 3.05. The van der Waals surface area contributed by atoms with Gasteiger partial charge < -0.3 is 4.74 Å². The maximum atomic E-state index is 12.3. The molecule has 1 aromatic carbocycles. The summed E-state index contributed by atoms with van der Waals surface area (Å²) < 4.78 is 6.52. The van der Waals surface area contributed by atoms with Crippen LogP contribution in [0.4, 0.5) is 5.69 Å². The summed E-state index contributed by atoms with van der Waals surface area (Å²) in [5, 5.41) is 19.2. The van der Waals surface area contributed by atoms with Gasteiger partial charge in [0.25, 0.3) is 5.69 Å². The van der Waals surface area contributed by atoms with Crippen molar-refractivity contribution in [3.05, 3.63) is 51.3 Å². The van der Waals surface area contributed by atoms with E-state index in [4.69, 9.17) is 4.74 Å². The molecule has 0 aliphatic rings. The molecule has 0 fully saturated rings. The van der Waals surface area contributed by atoms with Gasteiger partial charge >= 0.3 is 5.97 Å². The number of aryl methyl sites for hydroxylation is 2. The van der Waals surface area contributed by atoms with E-state index in [1.807, 2.05) is 6.92 Å². The molecule has 0 aliphatic heterocycles. The first-order valence-corrected chi connectivity index (χ1v) is 8.23. The summed E-state index contributed by atoms with van der Waals surface area (Å²) >= 11 is 0. The van der Waals surface area contributed by atoms with Crippen LogP contribution in [-0.2, 0) is 29.1 Å². The van der Waals surface area contributed by atoms with Gasteiger partial charge in [0.05, 0.1) is 16.2 Å². The lowest BCUT2D eigenvalue weighted by molar-refractivity contribution is -0.385. The first-order chi connectivity index (χ1) is 12.4. The van der Waals surface area contributed by atoms with E-state index in [0.717, 1.165) is 13.0 Å². The summed E-state index contributed by atoms with van der Waals surface area (Å²) in [5.41, 5.74) is 0.937. The molecule has 1 heterocycles. The van der Waals surface area contributed by atoms with Crippen LogP contribution in [0.3, 0.4) is 0 Å². The van der Waals surface area contributed by atoms with Gasteiger partial charge in [0.15, 0.2) is 5.78 Å². The molecule has 2 rings (SSSR count). The van der Waals surface area contributed by atoms with Gasteiger partial charge in [-0.3, -0.25) is 24.4 Å². The van der Waals surface area contributed by atoms with E-state index in [1.165, 1.54) is 25.1 Å². The third-order valence-corrected chi connectivity index (χ3v) is 3.68. The van der Waals surface area contributed by atoms with Crippen molar-refractivity contribution < 1.29 is 19.2 Å². The lowest BCUT2D eigenvalue weighted by atomic mass is 10.0. The molecule has 0 spiro atoms. The second kappa shape index (κ2) is 8.84. The Bertz CT molecular complexity index is 815. The summed E-state index contributed by atoms with van der Waals surface area (Å²) in [6.45, 7) is 3.81. The number of hydrogen-bond donors (Lipinski definition) is 0. The highest BCUT2D eigenvalue weighted by molar-refractivity contribution is 5.96. The summed E-state index contributed by atoms with van der Waals surface area (Å²) in [6, 6.07) is 4.16. The zero-order valence-corrected chi connectivity index (χ0v) is 14.7. The van der Waals surface area contributed by atoms with Crippen LogP contribution in [0.2, 0.25) is 0 Å². The molecule has 0 saturated carbocycles. The molecule has 9 nitrogen and oxygen atoms in total. The molecule has 2 aromatic rings. The molecule has 9 heteroatoms. The minimum atomic E-state index is -0.591. The van der Waals surface area contributed by atoms with E-state index in [1.54, 1.807) is 10.9 Å². The van der Waals surface area contributed by atoms with Gasteiger partial charge in [-0.2, -0.15) is 0 Å². The van der Waals surface area contributed by atoms with Crippen molar-refractivity contribution in [2.45, 2.75) is 46.3 Å². The van der Waals surface area contributed by atoms with Crippen LogP contribution in [0, 0.1) is 10.1 Å². The molecule has 26 heavy (non-hydrogen) atoms. The number of nitro benzene ring substituents is 1. The van der Waals surface area contributed by atoms with E-state index in [9.17, 15) is 19.7 Å². The van der Waals surface area contributed by atoms with E-state index in [-0.39, 0.29) is 35.6 Å². The Hall–Kier alpha value is -3.10. The molecular formula is C17H20N4O5. The predicted octanol–water partition coefficient (Wildman–Crippen LogP) is 2.47. The van der Waals surface area contributed by atoms with Crippen LogP contribution in [0.1, 0.15) is 48.3 Å². The van der Waals surface area contributed by atoms with E-state index >= 15 is 0 Å². The van der Waals surface area contributed by atoms with Crippen LogP contribution in [0.15, 0.2) is 24.4 Å². The number of carbonyl (C=O) groups excluding carboxylic acids is 2. The van der Waals surface area contributed by atoms with Crippen LogP contribution in [-0.4, -0.2) is 31.7 Å². The number of Topliss-reactive ketones (excluding diaryl/α,β-unsaturated/α-hetero) is 1. The fraction of sp³-hybridized carbons (Fsp3) is 0.412. The number of rotatable bonds is 9.